The van der Waals surface area contributed by atoms with Crippen LogP contribution >= 0.6 is 12.4 Å². The molecule has 5 heteroatoms. The van der Waals surface area contributed by atoms with Gasteiger partial charge in [-0.05, 0) is 11.6 Å². The molecule has 0 saturated carbocycles. The van der Waals surface area contributed by atoms with Crippen LogP contribution in [0.25, 0.3) is 0 Å². The molecule has 0 aliphatic carbocycles. The van der Waals surface area contributed by atoms with Gasteiger partial charge in [-0.1, -0.05) is 24.9 Å². The van der Waals surface area contributed by atoms with E-state index in [1.165, 1.54) is 12.8 Å². The fourth-order valence-electron chi connectivity index (χ4n) is 0.836. The van der Waals surface area contributed by atoms with Crippen molar-refractivity contribution in [3.8, 4) is 5.88 Å². The monoisotopic (exact) mass is 203 g/mol. The third kappa shape index (κ3) is 5.36. The molecule has 13 heavy (non-hydrogen) atoms. The van der Waals surface area contributed by atoms with Gasteiger partial charge in [-0.25, -0.2) is 0 Å². The Morgan fingerprint density at radius 3 is 2.85 bits per heavy atom. The third-order valence-electron chi connectivity index (χ3n) is 1.48. The highest BCUT2D eigenvalue weighted by Gasteiger charge is 1.92. The van der Waals surface area contributed by atoms with Gasteiger partial charge >= 0.3 is 0 Å². The minimum Gasteiger partial charge on any atom is -0.477 e. The fraction of sp³-hybridized carbons (Fsp3) is 0.625. The first-order valence-electron chi connectivity index (χ1n) is 4.20. The second-order valence-corrected chi connectivity index (χ2v) is 2.51. The summed E-state index contributed by atoms with van der Waals surface area (Å²) in [6, 6.07) is 1.71. The van der Waals surface area contributed by atoms with E-state index in [4.69, 9.17) is 4.74 Å². The number of unbranched alkanes of at least 4 members (excludes halogenated alkanes) is 2. The minimum atomic E-state index is 0. The van der Waals surface area contributed by atoms with Gasteiger partial charge in [0.1, 0.15) is 0 Å². The van der Waals surface area contributed by atoms with E-state index < -0.39 is 0 Å². The molecule has 0 aliphatic heterocycles. The number of halogens is 1. The number of ether oxygens (including phenoxy) is 1. The maximum absolute atomic E-state index is 5.29. The Hall–Kier alpha value is -0.900. The average Bonchev–Trinajstić information content (AvgIpc) is 2.14. The molecule has 0 amide bonds. The van der Waals surface area contributed by atoms with E-state index in [9.17, 15) is 0 Å². The van der Waals surface area contributed by atoms with Crippen molar-refractivity contribution in [3.05, 3.63) is 12.3 Å². The summed E-state index contributed by atoms with van der Waals surface area (Å²) in [6.07, 6.45) is 5.03. The van der Waals surface area contributed by atoms with Gasteiger partial charge in [0.25, 0.3) is 0 Å². The predicted octanol–water partition coefficient (Wildman–Crippen LogP) is 1.86. The molecule has 4 nitrogen and oxygen atoms in total. The Bertz CT molecular complexity index is 208. The zero-order valence-electron chi connectivity index (χ0n) is 7.64. The van der Waals surface area contributed by atoms with E-state index in [0.717, 1.165) is 6.42 Å². The zero-order chi connectivity index (χ0) is 8.65. The molecule has 1 aromatic rings. The number of hydrogen-bond donors (Lipinski definition) is 0. The fourth-order valence-corrected chi connectivity index (χ4v) is 0.836. The SMILES string of the molecule is CCCCCOc1ccnnn1.Cl. The van der Waals surface area contributed by atoms with Crippen LogP contribution in [-0.2, 0) is 0 Å². The lowest BCUT2D eigenvalue weighted by molar-refractivity contribution is 0.290. The first-order valence-corrected chi connectivity index (χ1v) is 4.20. The lowest BCUT2D eigenvalue weighted by Crippen LogP contribution is -1.99. The molecule has 1 heterocycles. The Morgan fingerprint density at radius 1 is 1.38 bits per heavy atom. The molecule has 0 bridgehead atoms. The van der Waals surface area contributed by atoms with Gasteiger partial charge < -0.3 is 4.74 Å². The van der Waals surface area contributed by atoms with Gasteiger partial charge in [0.05, 0.1) is 12.8 Å². The van der Waals surface area contributed by atoms with Crippen molar-refractivity contribution in [2.75, 3.05) is 6.61 Å². The van der Waals surface area contributed by atoms with Crippen molar-refractivity contribution in [1.29, 1.82) is 0 Å². The number of aromatic nitrogens is 3. The number of nitrogens with zero attached hydrogens (tertiary/aromatic N) is 3. The van der Waals surface area contributed by atoms with Gasteiger partial charge in [-0.2, -0.15) is 0 Å². The van der Waals surface area contributed by atoms with Crippen LogP contribution in [0.1, 0.15) is 26.2 Å². The predicted molar refractivity (Wildman–Crippen MR) is 52.1 cm³/mol. The Labute approximate surface area is 84.1 Å². The minimum absolute atomic E-state index is 0. The summed E-state index contributed by atoms with van der Waals surface area (Å²) in [6.45, 7) is 2.87. The Kier molecular flexibility index (Phi) is 7.20. The molecule has 0 aliphatic rings. The number of rotatable bonds is 5. The molecule has 1 rings (SSSR count). The molecule has 0 radical (unpaired) electrons. The van der Waals surface area contributed by atoms with Crippen molar-refractivity contribution >= 4 is 12.4 Å². The molecule has 1 aromatic heterocycles. The normalized spacial score (nSPS) is 9.00. The molecule has 74 valence electrons. The van der Waals surface area contributed by atoms with Crippen molar-refractivity contribution in [3.63, 3.8) is 0 Å². The van der Waals surface area contributed by atoms with E-state index in [-0.39, 0.29) is 12.4 Å². The van der Waals surface area contributed by atoms with Crippen molar-refractivity contribution in [1.82, 2.24) is 15.4 Å². The molecule has 0 atom stereocenters. The van der Waals surface area contributed by atoms with Crippen LogP contribution in [0.3, 0.4) is 0 Å². The summed E-state index contributed by atoms with van der Waals surface area (Å²) in [5, 5.41) is 10.7. The van der Waals surface area contributed by atoms with Crippen LogP contribution in [0.4, 0.5) is 0 Å². The van der Waals surface area contributed by atoms with E-state index in [2.05, 4.69) is 22.3 Å². The summed E-state index contributed by atoms with van der Waals surface area (Å²) in [7, 11) is 0. The lowest BCUT2D eigenvalue weighted by atomic mass is 10.3. The molecule has 0 spiro atoms. The van der Waals surface area contributed by atoms with E-state index in [1.807, 2.05) is 0 Å². The summed E-state index contributed by atoms with van der Waals surface area (Å²) in [5.74, 6) is 0.557. The second kappa shape index (κ2) is 7.73. The summed E-state index contributed by atoms with van der Waals surface area (Å²) in [5.41, 5.74) is 0. The molecule has 0 unspecified atom stereocenters. The van der Waals surface area contributed by atoms with Gasteiger partial charge in [-0.15, -0.1) is 17.5 Å². The second-order valence-electron chi connectivity index (χ2n) is 2.51. The highest BCUT2D eigenvalue weighted by molar-refractivity contribution is 5.85. The molecule has 0 N–H and O–H groups in total. The summed E-state index contributed by atoms with van der Waals surface area (Å²) >= 11 is 0. The highest BCUT2D eigenvalue weighted by Crippen LogP contribution is 2.02. The number of hydrogen-bond acceptors (Lipinski definition) is 4. The van der Waals surface area contributed by atoms with Crippen LogP contribution in [0.2, 0.25) is 0 Å². The highest BCUT2D eigenvalue weighted by atomic mass is 35.5. The molecular formula is C8H14ClN3O. The van der Waals surface area contributed by atoms with Gasteiger partial charge in [0.15, 0.2) is 0 Å². The van der Waals surface area contributed by atoms with Crippen molar-refractivity contribution < 1.29 is 4.74 Å². The van der Waals surface area contributed by atoms with E-state index in [1.54, 1.807) is 12.3 Å². The van der Waals surface area contributed by atoms with E-state index >= 15 is 0 Å². The first-order chi connectivity index (χ1) is 5.93. The smallest absolute Gasteiger partial charge is 0.236 e. The van der Waals surface area contributed by atoms with Crippen LogP contribution in [0, 0.1) is 0 Å². The standard InChI is InChI=1S/C8H13N3O.ClH/c1-2-3-4-7-12-8-5-6-9-11-10-8;/h5-6H,2-4,7H2,1H3;1H. The maximum atomic E-state index is 5.29. The van der Waals surface area contributed by atoms with Crippen LogP contribution < -0.4 is 4.74 Å². The average molecular weight is 204 g/mol. The van der Waals surface area contributed by atoms with Crippen molar-refractivity contribution in [2.24, 2.45) is 0 Å². The van der Waals surface area contributed by atoms with Crippen LogP contribution in [-0.4, -0.2) is 22.0 Å². The molecule has 0 saturated heterocycles. The molecular weight excluding hydrogens is 190 g/mol. The molecule has 0 aromatic carbocycles. The topological polar surface area (TPSA) is 47.9 Å². The maximum Gasteiger partial charge on any atom is 0.236 e. The molecule has 0 fully saturated rings. The Balaban J connectivity index is 0.00000144. The lowest BCUT2D eigenvalue weighted by Gasteiger charge is -2.01. The summed E-state index contributed by atoms with van der Waals surface area (Å²) in [4.78, 5) is 0. The zero-order valence-corrected chi connectivity index (χ0v) is 8.46. The quantitative estimate of drug-likeness (QED) is 0.686. The largest absolute Gasteiger partial charge is 0.477 e. The van der Waals surface area contributed by atoms with Crippen LogP contribution in [0.15, 0.2) is 12.3 Å². The van der Waals surface area contributed by atoms with Gasteiger partial charge in [-0.3, -0.25) is 0 Å². The third-order valence-corrected chi connectivity index (χ3v) is 1.48. The first kappa shape index (κ1) is 12.1. The van der Waals surface area contributed by atoms with Gasteiger partial charge in [0, 0.05) is 6.07 Å². The van der Waals surface area contributed by atoms with Crippen molar-refractivity contribution in [2.45, 2.75) is 26.2 Å². The summed E-state index contributed by atoms with van der Waals surface area (Å²) < 4.78 is 5.29. The van der Waals surface area contributed by atoms with E-state index in [0.29, 0.717) is 12.5 Å². The van der Waals surface area contributed by atoms with Crippen LogP contribution in [0.5, 0.6) is 5.88 Å². The van der Waals surface area contributed by atoms with Gasteiger partial charge in [0.2, 0.25) is 5.88 Å². The Morgan fingerprint density at radius 2 is 2.23 bits per heavy atom.